The summed E-state index contributed by atoms with van der Waals surface area (Å²) in [7, 11) is 0. The molecule has 4 rings (SSSR count). The summed E-state index contributed by atoms with van der Waals surface area (Å²) in [5.74, 6) is 1.81. The van der Waals surface area contributed by atoms with Gasteiger partial charge in [0.05, 0.1) is 0 Å². The molecule has 0 fully saturated rings. The molecule has 0 atom stereocenters. The molecule has 0 spiro atoms. The number of aromatic nitrogens is 3. The first kappa shape index (κ1) is 19.5. The van der Waals surface area contributed by atoms with Gasteiger partial charge in [0.2, 0.25) is 0 Å². The quantitative estimate of drug-likeness (QED) is 0.344. The van der Waals surface area contributed by atoms with Crippen LogP contribution >= 0.6 is 23.4 Å². The van der Waals surface area contributed by atoms with Gasteiger partial charge in [-0.1, -0.05) is 53.7 Å². The zero-order chi connectivity index (χ0) is 20.1. The number of hydrogen-bond acceptors (Lipinski definition) is 4. The second-order valence-corrected chi connectivity index (χ2v) is 7.61. The third-order valence-corrected chi connectivity index (χ3v) is 5.43. The van der Waals surface area contributed by atoms with E-state index in [0.29, 0.717) is 22.3 Å². The molecule has 7 heteroatoms. The standard InChI is InChI=1S/C22H17ClFN3OS/c23-17-8-12-20(13-9-17)28-14-21-25-26-22(27(21)19-4-2-1-3-5-19)29-15-16-6-10-18(24)11-7-16/h1-13H,14-15H2. The average molecular weight is 426 g/mol. The van der Waals surface area contributed by atoms with Crippen molar-refractivity contribution in [1.29, 1.82) is 0 Å². The van der Waals surface area contributed by atoms with Crippen LogP contribution in [0.5, 0.6) is 5.75 Å². The molecule has 29 heavy (non-hydrogen) atoms. The van der Waals surface area contributed by atoms with Crippen LogP contribution < -0.4 is 4.74 Å². The topological polar surface area (TPSA) is 39.9 Å². The molecule has 0 aliphatic rings. The fourth-order valence-corrected chi connectivity index (χ4v) is 3.78. The molecular weight excluding hydrogens is 409 g/mol. The van der Waals surface area contributed by atoms with E-state index in [2.05, 4.69) is 10.2 Å². The van der Waals surface area contributed by atoms with Gasteiger partial charge in [-0.25, -0.2) is 4.39 Å². The molecule has 1 heterocycles. The Morgan fingerprint density at radius 1 is 0.897 bits per heavy atom. The zero-order valence-electron chi connectivity index (χ0n) is 15.3. The van der Waals surface area contributed by atoms with Gasteiger partial charge in [-0.3, -0.25) is 4.57 Å². The fraction of sp³-hybridized carbons (Fsp3) is 0.0909. The van der Waals surface area contributed by atoms with Gasteiger partial charge in [0, 0.05) is 16.5 Å². The fourth-order valence-electron chi connectivity index (χ4n) is 2.73. The number of hydrogen-bond donors (Lipinski definition) is 0. The Morgan fingerprint density at radius 2 is 1.62 bits per heavy atom. The third kappa shape index (κ3) is 4.96. The molecular formula is C22H17ClFN3OS. The van der Waals surface area contributed by atoms with Gasteiger partial charge in [0.25, 0.3) is 0 Å². The zero-order valence-corrected chi connectivity index (χ0v) is 16.9. The molecule has 0 N–H and O–H groups in total. The average Bonchev–Trinajstić information content (AvgIpc) is 3.16. The predicted molar refractivity (Wildman–Crippen MR) is 113 cm³/mol. The van der Waals surface area contributed by atoms with Crippen LogP contribution in [0.25, 0.3) is 5.69 Å². The summed E-state index contributed by atoms with van der Waals surface area (Å²) < 4.78 is 21.0. The molecule has 3 aromatic carbocycles. The summed E-state index contributed by atoms with van der Waals surface area (Å²) >= 11 is 7.46. The van der Waals surface area contributed by atoms with Crippen molar-refractivity contribution in [2.75, 3.05) is 0 Å². The molecule has 4 aromatic rings. The molecule has 0 aliphatic heterocycles. The highest BCUT2D eigenvalue weighted by molar-refractivity contribution is 7.98. The Morgan fingerprint density at radius 3 is 2.34 bits per heavy atom. The van der Waals surface area contributed by atoms with E-state index in [9.17, 15) is 4.39 Å². The van der Waals surface area contributed by atoms with Crippen molar-refractivity contribution in [2.45, 2.75) is 17.5 Å². The Balaban J connectivity index is 1.56. The summed E-state index contributed by atoms with van der Waals surface area (Å²) in [5.41, 5.74) is 1.96. The molecule has 0 saturated carbocycles. The lowest BCUT2D eigenvalue weighted by atomic mass is 10.2. The second kappa shape index (κ2) is 9.11. The molecule has 0 radical (unpaired) electrons. The van der Waals surface area contributed by atoms with Crippen LogP contribution in [-0.2, 0) is 12.4 Å². The summed E-state index contributed by atoms with van der Waals surface area (Å²) in [4.78, 5) is 0. The molecule has 146 valence electrons. The smallest absolute Gasteiger partial charge is 0.196 e. The van der Waals surface area contributed by atoms with Gasteiger partial charge in [0.15, 0.2) is 11.0 Å². The first-order valence-electron chi connectivity index (χ1n) is 8.94. The van der Waals surface area contributed by atoms with E-state index in [0.717, 1.165) is 16.4 Å². The largest absolute Gasteiger partial charge is 0.486 e. The SMILES string of the molecule is Fc1ccc(CSc2nnc(COc3ccc(Cl)cc3)n2-c2ccccc2)cc1. The van der Waals surface area contributed by atoms with Gasteiger partial charge in [-0.05, 0) is 54.1 Å². The number of thioether (sulfide) groups is 1. The van der Waals surface area contributed by atoms with Crippen LogP contribution in [0.2, 0.25) is 5.02 Å². The molecule has 0 unspecified atom stereocenters. The van der Waals surface area contributed by atoms with Crippen molar-refractivity contribution in [2.24, 2.45) is 0 Å². The van der Waals surface area contributed by atoms with Gasteiger partial charge in [0.1, 0.15) is 18.2 Å². The van der Waals surface area contributed by atoms with Crippen LogP contribution in [0.3, 0.4) is 0 Å². The molecule has 1 aromatic heterocycles. The summed E-state index contributed by atoms with van der Waals surface area (Å²) in [6, 6.07) is 23.5. The monoisotopic (exact) mass is 425 g/mol. The van der Waals surface area contributed by atoms with Gasteiger partial charge >= 0.3 is 0 Å². The number of ether oxygens (including phenoxy) is 1. The molecule has 0 aliphatic carbocycles. The third-order valence-electron chi connectivity index (χ3n) is 4.18. The highest BCUT2D eigenvalue weighted by atomic mass is 35.5. The second-order valence-electron chi connectivity index (χ2n) is 6.23. The molecule has 0 saturated heterocycles. The maximum atomic E-state index is 13.1. The number of para-hydroxylation sites is 1. The van der Waals surface area contributed by atoms with Crippen LogP contribution in [-0.4, -0.2) is 14.8 Å². The Bertz CT molecular complexity index is 1000. The van der Waals surface area contributed by atoms with Gasteiger partial charge in [-0.2, -0.15) is 0 Å². The number of nitrogens with zero attached hydrogens (tertiary/aromatic N) is 3. The highest BCUT2D eigenvalue weighted by Gasteiger charge is 2.15. The number of benzene rings is 3. The Kier molecular flexibility index (Phi) is 6.12. The van der Waals surface area contributed by atoms with E-state index in [1.54, 1.807) is 24.3 Å². The van der Waals surface area contributed by atoms with Crippen molar-refractivity contribution in [3.8, 4) is 11.4 Å². The first-order valence-corrected chi connectivity index (χ1v) is 10.3. The van der Waals surface area contributed by atoms with Crippen molar-refractivity contribution < 1.29 is 9.13 Å². The van der Waals surface area contributed by atoms with E-state index in [-0.39, 0.29) is 12.4 Å². The number of rotatable bonds is 7. The normalized spacial score (nSPS) is 10.8. The maximum absolute atomic E-state index is 13.1. The van der Waals surface area contributed by atoms with E-state index in [4.69, 9.17) is 16.3 Å². The summed E-state index contributed by atoms with van der Waals surface area (Å²) in [6.45, 7) is 0.265. The first-order chi connectivity index (χ1) is 14.2. The van der Waals surface area contributed by atoms with Crippen LogP contribution in [0.1, 0.15) is 11.4 Å². The van der Waals surface area contributed by atoms with Gasteiger partial charge < -0.3 is 4.74 Å². The summed E-state index contributed by atoms with van der Waals surface area (Å²) in [5, 5.41) is 10.1. The minimum absolute atomic E-state index is 0.243. The lowest BCUT2D eigenvalue weighted by Gasteiger charge is -2.11. The van der Waals surface area contributed by atoms with Crippen LogP contribution in [0.15, 0.2) is 84.0 Å². The van der Waals surface area contributed by atoms with E-state index in [1.807, 2.05) is 47.0 Å². The lowest BCUT2D eigenvalue weighted by molar-refractivity contribution is 0.293. The minimum atomic E-state index is -0.243. The van der Waals surface area contributed by atoms with E-state index >= 15 is 0 Å². The van der Waals surface area contributed by atoms with E-state index in [1.165, 1.54) is 23.9 Å². The highest BCUT2D eigenvalue weighted by Crippen LogP contribution is 2.26. The maximum Gasteiger partial charge on any atom is 0.196 e. The molecule has 4 nitrogen and oxygen atoms in total. The molecule has 0 amide bonds. The van der Waals surface area contributed by atoms with Crippen molar-refractivity contribution in [3.05, 3.63) is 101 Å². The van der Waals surface area contributed by atoms with Crippen molar-refractivity contribution >= 4 is 23.4 Å². The van der Waals surface area contributed by atoms with Crippen LogP contribution in [0, 0.1) is 5.82 Å². The summed E-state index contributed by atoms with van der Waals surface area (Å²) in [6.07, 6.45) is 0. The predicted octanol–water partition coefficient (Wildman–Crippen LogP) is 5.93. The molecule has 0 bridgehead atoms. The van der Waals surface area contributed by atoms with Crippen LogP contribution in [0.4, 0.5) is 4.39 Å². The lowest BCUT2D eigenvalue weighted by Crippen LogP contribution is -2.06. The van der Waals surface area contributed by atoms with Gasteiger partial charge in [-0.15, -0.1) is 10.2 Å². The van der Waals surface area contributed by atoms with Crippen molar-refractivity contribution in [1.82, 2.24) is 14.8 Å². The van der Waals surface area contributed by atoms with Crippen molar-refractivity contribution in [3.63, 3.8) is 0 Å². The Hall–Kier alpha value is -2.83. The van der Waals surface area contributed by atoms with E-state index < -0.39 is 0 Å². The minimum Gasteiger partial charge on any atom is -0.486 e. The number of halogens is 2. The Labute approximate surface area is 177 Å².